The molecule has 0 bridgehead atoms. The molecule has 2 nitrogen and oxygen atoms in total. The van der Waals surface area contributed by atoms with E-state index >= 15 is 0 Å². The second-order valence-electron chi connectivity index (χ2n) is 3.29. The van der Waals surface area contributed by atoms with Crippen LogP contribution in [0.15, 0.2) is 30.5 Å². The van der Waals surface area contributed by atoms with Gasteiger partial charge in [0.25, 0.3) is 0 Å². The van der Waals surface area contributed by atoms with Crippen molar-refractivity contribution in [1.29, 1.82) is 0 Å². The van der Waals surface area contributed by atoms with E-state index in [9.17, 15) is 0 Å². The molecule has 78 valence electrons. The molecule has 4 heteroatoms. The van der Waals surface area contributed by atoms with Crippen molar-refractivity contribution in [3.63, 3.8) is 0 Å². The standard InChI is InChI=1S/C11H10Cl2N2/c1-8-9(6-12)7-15(14-8)11-4-2-10(13)3-5-11/h2-5,7H,6H2,1H3. The van der Waals surface area contributed by atoms with Gasteiger partial charge in [0.05, 0.1) is 17.3 Å². The smallest absolute Gasteiger partial charge is 0.0646 e. The predicted molar refractivity (Wildman–Crippen MR) is 62.9 cm³/mol. The lowest BCUT2D eigenvalue weighted by Gasteiger charge is -2.00. The van der Waals surface area contributed by atoms with Crippen molar-refractivity contribution in [1.82, 2.24) is 9.78 Å². The summed E-state index contributed by atoms with van der Waals surface area (Å²) >= 11 is 11.6. The maximum atomic E-state index is 5.81. The van der Waals surface area contributed by atoms with E-state index in [1.54, 1.807) is 0 Å². The monoisotopic (exact) mass is 240 g/mol. The normalized spacial score (nSPS) is 10.6. The molecule has 2 aromatic rings. The van der Waals surface area contributed by atoms with Gasteiger partial charge in [0.15, 0.2) is 0 Å². The molecule has 15 heavy (non-hydrogen) atoms. The molecule has 0 spiro atoms. The largest absolute Gasteiger partial charge is 0.240 e. The molecule has 0 saturated heterocycles. The van der Waals surface area contributed by atoms with E-state index in [0.717, 1.165) is 22.0 Å². The minimum atomic E-state index is 0.486. The van der Waals surface area contributed by atoms with Crippen LogP contribution in [0.2, 0.25) is 5.02 Å². The van der Waals surface area contributed by atoms with E-state index in [4.69, 9.17) is 23.2 Å². The summed E-state index contributed by atoms with van der Waals surface area (Å²) < 4.78 is 1.81. The summed E-state index contributed by atoms with van der Waals surface area (Å²) in [4.78, 5) is 0. The SMILES string of the molecule is Cc1nn(-c2ccc(Cl)cc2)cc1CCl. The Morgan fingerprint density at radius 1 is 1.27 bits per heavy atom. The molecule has 0 fully saturated rings. The second-order valence-corrected chi connectivity index (χ2v) is 4.00. The molecular weight excluding hydrogens is 231 g/mol. The Kier molecular flexibility index (Phi) is 2.98. The minimum Gasteiger partial charge on any atom is -0.240 e. The molecule has 0 aliphatic heterocycles. The van der Waals surface area contributed by atoms with Crippen molar-refractivity contribution >= 4 is 23.2 Å². The second kappa shape index (κ2) is 4.25. The molecule has 0 aliphatic carbocycles. The zero-order valence-electron chi connectivity index (χ0n) is 8.24. The van der Waals surface area contributed by atoms with Crippen LogP contribution in [-0.2, 0) is 5.88 Å². The fraction of sp³-hybridized carbons (Fsp3) is 0.182. The average molecular weight is 241 g/mol. The van der Waals surface area contributed by atoms with Crippen molar-refractivity contribution in [3.8, 4) is 5.69 Å². The topological polar surface area (TPSA) is 17.8 Å². The Morgan fingerprint density at radius 3 is 2.47 bits per heavy atom. The number of aromatic nitrogens is 2. The first-order chi connectivity index (χ1) is 7.20. The third-order valence-electron chi connectivity index (χ3n) is 2.24. The third-order valence-corrected chi connectivity index (χ3v) is 2.78. The molecule has 1 heterocycles. The highest BCUT2D eigenvalue weighted by atomic mass is 35.5. The van der Waals surface area contributed by atoms with Gasteiger partial charge in [-0.1, -0.05) is 11.6 Å². The van der Waals surface area contributed by atoms with Gasteiger partial charge in [0.1, 0.15) is 0 Å². The minimum absolute atomic E-state index is 0.486. The number of rotatable bonds is 2. The highest BCUT2D eigenvalue weighted by molar-refractivity contribution is 6.30. The van der Waals surface area contributed by atoms with E-state index in [-0.39, 0.29) is 0 Å². The van der Waals surface area contributed by atoms with Crippen molar-refractivity contribution in [2.45, 2.75) is 12.8 Å². The fourth-order valence-electron chi connectivity index (χ4n) is 1.35. The summed E-state index contributed by atoms with van der Waals surface area (Å²) in [5, 5.41) is 5.09. The number of hydrogen-bond donors (Lipinski definition) is 0. The maximum Gasteiger partial charge on any atom is 0.0646 e. The Labute approximate surface area is 98.4 Å². The fourth-order valence-corrected chi connectivity index (χ4v) is 1.74. The van der Waals surface area contributed by atoms with Crippen LogP contribution in [0.4, 0.5) is 0 Å². The number of hydrogen-bond acceptors (Lipinski definition) is 1. The van der Waals surface area contributed by atoms with Crippen LogP contribution in [0.25, 0.3) is 5.69 Å². The molecule has 1 aromatic heterocycles. The molecule has 2 rings (SSSR count). The Hall–Kier alpha value is -0.990. The van der Waals surface area contributed by atoms with Crippen LogP contribution < -0.4 is 0 Å². The van der Waals surface area contributed by atoms with Crippen molar-refractivity contribution in [3.05, 3.63) is 46.7 Å². The van der Waals surface area contributed by atoms with Crippen molar-refractivity contribution in [2.24, 2.45) is 0 Å². The molecule has 0 N–H and O–H groups in total. The number of halogens is 2. The van der Waals surface area contributed by atoms with E-state index in [0.29, 0.717) is 5.88 Å². The van der Waals surface area contributed by atoms with Gasteiger partial charge in [-0.3, -0.25) is 0 Å². The molecule has 0 saturated carbocycles. The van der Waals surface area contributed by atoms with Crippen LogP contribution in [0, 0.1) is 6.92 Å². The first kappa shape index (κ1) is 10.5. The number of nitrogens with zero attached hydrogens (tertiary/aromatic N) is 2. The number of benzene rings is 1. The maximum absolute atomic E-state index is 5.81. The van der Waals surface area contributed by atoms with E-state index in [2.05, 4.69) is 5.10 Å². The predicted octanol–water partition coefficient (Wildman–Crippen LogP) is 3.57. The molecule has 0 radical (unpaired) electrons. The van der Waals surface area contributed by atoms with Crippen LogP contribution in [-0.4, -0.2) is 9.78 Å². The van der Waals surface area contributed by atoms with Crippen LogP contribution in [0.3, 0.4) is 0 Å². The summed E-state index contributed by atoms with van der Waals surface area (Å²) in [6, 6.07) is 7.53. The average Bonchev–Trinajstić information content (AvgIpc) is 2.61. The lowest BCUT2D eigenvalue weighted by atomic mass is 10.3. The first-order valence-corrected chi connectivity index (χ1v) is 5.49. The number of alkyl halides is 1. The van der Waals surface area contributed by atoms with E-state index < -0.39 is 0 Å². The first-order valence-electron chi connectivity index (χ1n) is 4.58. The van der Waals surface area contributed by atoms with Gasteiger partial charge in [0.2, 0.25) is 0 Å². The molecular formula is C11H10Cl2N2. The highest BCUT2D eigenvalue weighted by Gasteiger charge is 2.04. The molecule has 0 aliphatic rings. The summed E-state index contributed by atoms with van der Waals surface area (Å²) in [5.41, 5.74) is 2.99. The van der Waals surface area contributed by atoms with Crippen LogP contribution in [0.1, 0.15) is 11.3 Å². The lowest BCUT2D eigenvalue weighted by molar-refractivity contribution is 0.863. The summed E-state index contributed by atoms with van der Waals surface area (Å²) in [5.74, 6) is 0.486. The van der Waals surface area contributed by atoms with Gasteiger partial charge in [-0.15, -0.1) is 11.6 Å². The molecule has 0 unspecified atom stereocenters. The van der Waals surface area contributed by atoms with Crippen molar-refractivity contribution in [2.75, 3.05) is 0 Å². The molecule has 1 aromatic carbocycles. The van der Waals surface area contributed by atoms with Gasteiger partial charge in [-0.2, -0.15) is 5.10 Å². The summed E-state index contributed by atoms with van der Waals surface area (Å²) in [6.07, 6.45) is 1.94. The van der Waals surface area contributed by atoms with Crippen LogP contribution in [0.5, 0.6) is 0 Å². The summed E-state index contributed by atoms with van der Waals surface area (Å²) in [7, 11) is 0. The van der Waals surface area contributed by atoms with Crippen molar-refractivity contribution < 1.29 is 0 Å². The molecule has 0 amide bonds. The van der Waals surface area contributed by atoms with E-state index in [1.807, 2.05) is 42.1 Å². The number of aryl methyl sites for hydroxylation is 1. The molecule has 0 atom stereocenters. The zero-order chi connectivity index (χ0) is 10.8. The van der Waals surface area contributed by atoms with Crippen LogP contribution >= 0.6 is 23.2 Å². The quantitative estimate of drug-likeness (QED) is 0.735. The van der Waals surface area contributed by atoms with Gasteiger partial charge in [0, 0.05) is 16.8 Å². The highest BCUT2D eigenvalue weighted by Crippen LogP contribution is 2.16. The Morgan fingerprint density at radius 2 is 1.93 bits per heavy atom. The van der Waals surface area contributed by atoms with Gasteiger partial charge in [-0.25, -0.2) is 4.68 Å². The van der Waals surface area contributed by atoms with Gasteiger partial charge in [-0.05, 0) is 31.2 Å². The van der Waals surface area contributed by atoms with Gasteiger partial charge < -0.3 is 0 Å². The van der Waals surface area contributed by atoms with Gasteiger partial charge >= 0.3 is 0 Å². The third kappa shape index (κ3) is 2.16. The Balaban J connectivity index is 2.41. The lowest BCUT2D eigenvalue weighted by Crippen LogP contribution is -1.93. The Bertz CT molecular complexity index is 460. The summed E-state index contributed by atoms with van der Waals surface area (Å²) in [6.45, 7) is 1.95. The van der Waals surface area contributed by atoms with E-state index in [1.165, 1.54) is 0 Å². The zero-order valence-corrected chi connectivity index (χ0v) is 9.76.